The standard InChI is InChI=1S/C50H40N2/c1-49(2,3)39-21-13-19-35-43-31(29-15-9-7-10-16-29)23-25-33-37-28-42-38(27-41(37)51(45(35)39)47(33)43)34-26-24-32(30-17-11-8-12-18-30)44-36-20-14-22-40(50(4,5)6)46(36)52(42)48(34)44/h7-28H,1-6H3/i7D,8D,9D,10D,11D,12D,15D,16D,17D,18D. The molecule has 0 amide bonds. The smallest absolute Gasteiger partial charge is 0.0629 e. The molecule has 0 saturated carbocycles. The molecule has 0 fully saturated rings. The van der Waals surface area contributed by atoms with Crippen molar-refractivity contribution < 1.29 is 13.7 Å². The van der Waals surface area contributed by atoms with Crippen LogP contribution in [-0.4, -0.2) is 8.80 Å². The van der Waals surface area contributed by atoms with Crippen molar-refractivity contribution in [2.45, 2.75) is 52.4 Å². The molecule has 0 aliphatic rings. The fourth-order valence-electron chi connectivity index (χ4n) is 9.08. The van der Waals surface area contributed by atoms with E-state index in [-0.39, 0.29) is 70.3 Å². The van der Waals surface area contributed by atoms with Gasteiger partial charge in [0.25, 0.3) is 0 Å². The van der Waals surface area contributed by atoms with Crippen molar-refractivity contribution in [1.82, 2.24) is 8.80 Å². The summed E-state index contributed by atoms with van der Waals surface area (Å²) in [6.07, 6.45) is 0. The van der Waals surface area contributed by atoms with Gasteiger partial charge in [0.15, 0.2) is 0 Å². The monoisotopic (exact) mass is 678 g/mol. The van der Waals surface area contributed by atoms with Crippen molar-refractivity contribution >= 4 is 76.2 Å². The second-order valence-electron chi connectivity index (χ2n) is 16.2. The van der Waals surface area contributed by atoms with Gasteiger partial charge in [-0.25, -0.2) is 0 Å². The molecule has 0 bridgehead atoms. The lowest BCUT2D eigenvalue weighted by atomic mass is 9.85. The number of aromatic nitrogens is 2. The number of fused-ring (bicyclic) bond motifs is 12. The lowest BCUT2D eigenvalue weighted by Gasteiger charge is -2.21. The van der Waals surface area contributed by atoms with Crippen LogP contribution in [0.1, 0.15) is 66.4 Å². The van der Waals surface area contributed by atoms with Crippen molar-refractivity contribution in [2.24, 2.45) is 0 Å². The molecular weight excluding hydrogens is 629 g/mol. The van der Waals surface area contributed by atoms with Gasteiger partial charge in [0.1, 0.15) is 0 Å². The van der Waals surface area contributed by atoms with E-state index in [9.17, 15) is 0 Å². The Morgan fingerprint density at radius 3 is 1.21 bits per heavy atom. The third-order valence-corrected chi connectivity index (χ3v) is 11.2. The zero-order valence-corrected chi connectivity index (χ0v) is 29.8. The van der Waals surface area contributed by atoms with E-state index < -0.39 is 12.1 Å². The summed E-state index contributed by atoms with van der Waals surface area (Å²) in [7, 11) is 0. The summed E-state index contributed by atoms with van der Waals surface area (Å²) in [6.45, 7) is 13.1. The molecule has 4 aromatic heterocycles. The van der Waals surface area contributed by atoms with Crippen LogP contribution in [0.25, 0.3) is 98.4 Å². The first-order chi connectivity index (χ1) is 29.2. The zero-order chi connectivity index (χ0) is 44.0. The van der Waals surface area contributed by atoms with Crippen LogP contribution >= 0.6 is 0 Å². The quantitative estimate of drug-likeness (QED) is 0.172. The number of nitrogens with zero attached hydrogens (tertiary/aromatic N) is 2. The lowest BCUT2D eigenvalue weighted by Crippen LogP contribution is -2.12. The maximum atomic E-state index is 9.02. The molecule has 0 aliphatic carbocycles. The molecule has 0 unspecified atom stereocenters. The first-order valence-corrected chi connectivity index (χ1v) is 17.8. The van der Waals surface area contributed by atoms with Crippen LogP contribution in [0.2, 0.25) is 0 Å². The van der Waals surface area contributed by atoms with Gasteiger partial charge >= 0.3 is 0 Å². The van der Waals surface area contributed by atoms with Gasteiger partial charge in [0.05, 0.1) is 46.8 Å². The average Bonchev–Trinajstić information content (AvgIpc) is 3.96. The summed E-state index contributed by atoms with van der Waals surface area (Å²) < 4.78 is 91.6. The molecule has 4 heterocycles. The SMILES string of the molecule is [2H]c1c([2H])c([2H])c(-c2ccc3c4cc5c(cc4n4c6c(C(C)(C)C)cccc6c2c34)c2ccc(-c3c([2H])c([2H])c([2H])c([2H])c3[2H])c3c4cccc(C(C)(C)C)c4n5c23)c([2H])c1[2H]. The van der Waals surface area contributed by atoms with Crippen LogP contribution in [-0.2, 0) is 10.8 Å². The normalized spacial score (nSPS) is 15.9. The second kappa shape index (κ2) is 9.92. The molecule has 2 nitrogen and oxygen atoms in total. The molecule has 0 aliphatic heterocycles. The first kappa shape index (κ1) is 21.5. The van der Waals surface area contributed by atoms with Crippen LogP contribution in [0.3, 0.4) is 0 Å². The number of benzene rings is 7. The van der Waals surface area contributed by atoms with Gasteiger partial charge in [-0.15, -0.1) is 0 Å². The third-order valence-electron chi connectivity index (χ3n) is 11.2. The van der Waals surface area contributed by atoms with E-state index in [4.69, 9.17) is 13.7 Å². The molecule has 11 aromatic rings. The Labute approximate surface area is 317 Å². The zero-order valence-electron chi connectivity index (χ0n) is 39.8. The van der Waals surface area contributed by atoms with Crippen LogP contribution in [0, 0.1) is 0 Å². The summed E-state index contributed by atoms with van der Waals surface area (Å²) in [4.78, 5) is 0. The van der Waals surface area contributed by atoms with E-state index in [1.807, 2.05) is 36.4 Å². The fraction of sp³-hybridized carbons (Fsp3) is 0.160. The minimum Gasteiger partial charge on any atom is -0.308 e. The molecule has 7 aromatic carbocycles. The van der Waals surface area contributed by atoms with E-state index in [1.54, 1.807) is 0 Å². The molecular formula is C50H40N2. The van der Waals surface area contributed by atoms with Crippen LogP contribution in [0.15, 0.2) is 133 Å². The Morgan fingerprint density at radius 2 is 0.827 bits per heavy atom. The minimum atomic E-state index is -0.428. The Bertz CT molecular complexity index is 3520. The van der Waals surface area contributed by atoms with Crippen molar-refractivity contribution in [2.75, 3.05) is 0 Å². The molecule has 2 heteroatoms. The molecule has 250 valence electrons. The molecule has 0 radical (unpaired) electrons. The van der Waals surface area contributed by atoms with Gasteiger partial charge in [-0.3, -0.25) is 0 Å². The fourth-order valence-corrected chi connectivity index (χ4v) is 9.08. The van der Waals surface area contributed by atoms with Gasteiger partial charge in [-0.1, -0.05) is 163 Å². The third kappa shape index (κ3) is 3.74. The van der Waals surface area contributed by atoms with E-state index in [0.717, 1.165) is 87.3 Å². The highest BCUT2D eigenvalue weighted by molar-refractivity contribution is 6.32. The Morgan fingerprint density at radius 1 is 0.423 bits per heavy atom. The predicted molar refractivity (Wildman–Crippen MR) is 224 cm³/mol. The maximum Gasteiger partial charge on any atom is 0.0629 e. The highest BCUT2D eigenvalue weighted by Crippen LogP contribution is 2.50. The van der Waals surface area contributed by atoms with Crippen LogP contribution in [0.4, 0.5) is 0 Å². The summed E-state index contributed by atoms with van der Waals surface area (Å²) in [5.41, 5.74) is 8.87. The van der Waals surface area contributed by atoms with Crippen LogP contribution < -0.4 is 0 Å². The number of para-hydroxylation sites is 2. The molecule has 11 rings (SSSR count). The largest absolute Gasteiger partial charge is 0.308 e. The summed E-state index contributed by atoms with van der Waals surface area (Å²) in [6, 6.07) is 21.5. The van der Waals surface area contributed by atoms with Crippen molar-refractivity contribution in [3.8, 4) is 22.3 Å². The minimum absolute atomic E-state index is 0.168. The lowest BCUT2D eigenvalue weighted by molar-refractivity contribution is 0.594. The molecule has 0 atom stereocenters. The van der Waals surface area contributed by atoms with Crippen LogP contribution in [0.5, 0.6) is 0 Å². The second-order valence-corrected chi connectivity index (χ2v) is 16.2. The molecule has 52 heavy (non-hydrogen) atoms. The number of hydrogen-bond donors (Lipinski definition) is 0. The van der Waals surface area contributed by atoms with Gasteiger partial charge in [-0.2, -0.15) is 0 Å². The number of rotatable bonds is 2. The number of hydrogen-bond acceptors (Lipinski definition) is 0. The Hall–Kier alpha value is -5.86. The Balaban J connectivity index is 1.37. The van der Waals surface area contributed by atoms with Crippen molar-refractivity contribution in [1.29, 1.82) is 0 Å². The highest BCUT2D eigenvalue weighted by atomic mass is 14.9. The summed E-state index contributed by atoms with van der Waals surface area (Å²) >= 11 is 0. The molecule has 0 saturated heterocycles. The highest BCUT2D eigenvalue weighted by Gasteiger charge is 2.29. The predicted octanol–water partition coefficient (Wildman–Crippen LogP) is 13.9. The summed E-state index contributed by atoms with van der Waals surface area (Å²) in [5.74, 6) is 0. The molecule has 0 N–H and O–H groups in total. The Kier molecular flexibility index (Phi) is 4.10. The first-order valence-electron chi connectivity index (χ1n) is 22.8. The summed E-state index contributed by atoms with van der Waals surface area (Å²) in [5, 5.41) is 7.41. The van der Waals surface area contributed by atoms with Gasteiger partial charge in [-0.05, 0) is 56.3 Å². The topological polar surface area (TPSA) is 8.82 Å². The van der Waals surface area contributed by atoms with E-state index in [2.05, 4.69) is 86.7 Å². The van der Waals surface area contributed by atoms with Crippen molar-refractivity contribution in [3.63, 3.8) is 0 Å². The van der Waals surface area contributed by atoms with E-state index in [1.165, 1.54) is 0 Å². The van der Waals surface area contributed by atoms with E-state index >= 15 is 0 Å². The molecule has 0 spiro atoms. The van der Waals surface area contributed by atoms with Gasteiger partial charge in [0, 0.05) is 43.1 Å². The van der Waals surface area contributed by atoms with E-state index in [0.29, 0.717) is 11.1 Å². The van der Waals surface area contributed by atoms with Crippen molar-refractivity contribution in [3.05, 3.63) is 144 Å². The maximum absolute atomic E-state index is 9.02. The average molecular weight is 679 g/mol. The van der Waals surface area contributed by atoms with Gasteiger partial charge < -0.3 is 8.80 Å². The van der Waals surface area contributed by atoms with Gasteiger partial charge in [0.2, 0.25) is 0 Å².